The van der Waals surface area contributed by atoms with Crippen LogP contribution in [0.2, 0.25) is 0 Å². The van der Waals surface area contributed by atoms with Gasteiger partial charge in [-0.3, -0.25) is 4.79 Å². The minimum absolute atomic E-state index is 0.0835. The van der Waals surface area contributed by atoms with Crippen LogP contribution in [0.15, 0.2) is 48.5 Å². The number of hydrogen-bond donors (Lipinski definition) is 3. The van der Waals surface area contributed by atoms with Gasteiger partial charge in [-0.1, -0.05) is 24.3 Å². The maximum atomic E-state index is 11.8. The van der Waals surface area contributed by atoms with Crippen molar-refractivity contribution in [2.24, 2.45) is 0 Å². The van der Waals surface area contributed by atoms with Crippen molar-refractivity contribution in [2.45, 2.75) is 6.42 Å². The number of amides is 3. The molecule has 0 saturated heterocycles. The third-order valence-corrected chi connectivity index (χ3v) is 3.78. The zero-order valence-electron chi connectivity index (χ0n) is 14.3. The number of ether oxygens (including phenoxy) is 2. The van der Waals surface area contributed by atoms with Gasteiger partial charge < -0.3 is 25.4 Å². The van der Waals surface area contributed by atoms with Crippen LogP contribution < -0.4 is 25.4 Å². The summed E-state index contributed by atoms with van der Waals surface area (Å²) in [5.41, 5.74) is 1.72. The van der Waals surface area contributed by atoms with Crippen LogP contribution in [0, 0.1) is 0 Å². The fourth-order valence-corrected chi connectivity index (χ4v) is 2.51. The molecule has 1 heterocycles. The summed E-state index contributed by atoms with van der Waals surface area (Å²) in [5.74, 6) is 1.24. The molecule has 1 aliphatic heterocycles. The third-order valence-electron chi connectivity index (χ3n) is 3.78. The van der Waals surface area contributed by atoms with Crippen LogP contribution in [0.3, 0.4) is 0 Å². The SMILES string of the molecule is O=C(CNC(=O)Nc1ccccc1)NCCc1ccc2c(c1)OCCO2. The van der Waals surface area contributed by atoms with E-state index in [2.05, 4.69) is 16.0 Å². The van der Waals surface area contributed by atoms with Gasteiger partial charge >= 0.3 is 6.03 Å². The fourth-order valence-electron chi connectivity index (χ4n) is 2.51. The van der Waals surface area contributed by atoms with Crippen LogP contribution in [0.4, 0.5) is 10.5 Å². The number of fused-ring (bicyclic) bond motifs is 1. The molecule has 0 bridgehead atoms. The van der Waals surface area contributed by atoms with E-state index in [0.717, 1.165) is 17.1 Å². The monoisotopic (exact) mass is 355 g/mol. The lowest BCUT2D eigenvalue weighted by molar-refractivity contribution is -0.120. The zero-order chi connectivity index (χ0) is 18.2. The number of carbonyl (C=O) groups is 2. The Morgan fingerprint density at radius 2 is 1.69 bits per heavy atom. The molecule has 7 nitrogen and oxygen atoms in total. The van der Waals surface area contributed by atoms with E-state index in [1.807, 2.05) is 36.4 Å². The number of anilines is 1. The first-order valence-corrected chi connectivity index (χ1v) is 8.46. The van der Waals surface area contributed by atoms with Gasteiger partial charge in [0, 0.05) is 12.2 Å². The summed E-state index contributed by atoms with van der Waals surface area (Å²) in [4.78, 5) is 23.5. The molecule has 136 valence electrons. The summed E-state index contributed by atoms with van der Waals surface area (Å²) in [6.45, 7) is 1.50. The minimum Gasteiger partial charge on any atom is -0.486 e. The minimum atomic E-state index is -0.418. The van der Waals surface area contributed by atoms with Crippen molar-refractivity contribution in [3.8, 4) is 11.5 Å². The number of carbonyl (C=O) groups excluding carboxylic acids is 2. The molecular formula is C19H21N3O4. The van der Waals surface area contributed by atoms with E-state index in [1.165, 1.54) is 0 Å². The first kappa shape index (κ1) is 17.6. The quantitative estimate of drug-likeness (QED) is 0.739. The van der Waals surface area contributed by atoms with Gasteiger partial charge in [0.15, 0.2) is 11.5 Å². The number of hydrogen-bond acceptors (Lipinski definition) is 4. The van der Waals surface area contributed by atoms with Crippen molar-refractivity contribution in [3.63, 3.8) is 0 Å². The van der Waals surface area contributed by atoms with Crippen molar-refractivity contribution in [2.75, 3.05) is 31.6 Å². The Bertz CT molecular complexity index is 765. The fraction of sp³-hybridized carbons (Fsp3) is 0.263. The van der Waals surface area contributed by atoms with Crippen LogP contribution in [0.5, 0.6) is 11.5 Å². The molecule has 3 N–H and O–H groups in total. The van der Waals surface area contributed by atoms with Gasteiger partial charge in [-0.25, -0.2) is 4.79 Å². The molecule has 0 atom stereocenters. The third kappa shape index (κ3) is 5.14. The first-order valence-electron chi connectivity index (χ1n) is 8.46. The number of nitrogens with one attached hydrogen (secondary N) is 3. The van der Waals surface area contributed by atoms with Gasteiger partial charge in [0.2, 0.25) is 5.91 Å². The van der Waals surface area contributed by atoms with Gasteiger partial charge in [0.1, 0.15) is 13.2 Å². The Balaban J connectivity index is 1.36. The summed E-state index contributed by atoms with van der Waals surface area (Å²) in [7, 11) is 0. The average molecular weight is 355 g/mol. The zero-order valence-corrected chi connectivity index (χ0v) is 14.3. The van der Waals surface area contributed by atoms with Gasteiger partial charge in [0.05, 0.1) is 6.54 Å². The lowest BCUT2D eigenvalue weighted by atomic mass is 10.1. The maximum absolute atomic E-state index is 11.8. The molecular weight excluding hydrogens is 334 g/mol. The van der Waals surface area contributed by atoms with Crippen LogP contribution in [-0.2, 0) is 11.2 Å². The summed E-state index contributed by atoms with van der Waals surface area (Å²) in [5, 5.41) is 7.95. The van der Waals surface area contributed by atoms with Crippen LogP contribution >= 0.6 is 0 Å². The molecule has 0 saturated carbocycles. The van der Waals surface area contributed by atoms with Gasteiger partial charge in [-0.05, 0) is 36.2 Å². The highest BCUT2D eigenvalue weighted by atomic mass is 16.6. The lowest BCUT2D eigenvalue weighted by Gasteiger charge is -2.18. The molecule has 0 spiro atoms. The second kappa shape index (κ2) is 8.75. The first-order chi connectivity index (χ1) is 12.7. The molecule has 2 aromatic rings. The highest BCUT2D eigenvalue weighted by Crippen LogP contribution is 2.30. The number of urea groups is 1. The van der Waals surface area contributed by atoms with E-state index in [0.29, 0.717) is 31.9 Å². The van der Waals surface area contributed by atoms with E-state index < -0.39 is 6.03 Å². The van der Waals surface area contributed by atoms with Crippen molar-refractivity contribution in [3.05, 3.63) is 54.1 Å². The Morgan fingerprint density at radius 3 is 2.50 bits per heavy atom. The van der Waals surface area contributed by atoms with Crippen molar-refractivity contribution in [1.82, 2.24) is 10.6 Å². The molecule has 2 aromatic carbocycles. The lowest BCUT2D eigenvalue weighted by Crippen LogP contribution is -2.39. The average Bonchev–Trinajstić information content (AvgIpc) is 2.67. The molecule has 0 aromatic heterocycles. The predicted molar refractivity (Wildman–Crippen MR) is 97.6 cm³/mol. The predicted octanol–water partition coefficient (Wildman–Crippen LogP) is 1.94. The molecule has 0 aliphatic carbocycles. The number of para-hydroxylation sites is 1. The van der Waals surface area contributed by atoms with Gasteiger partial charge in [0.25, 0.3) is 0 Å². The van der Waals surface area contributed by atoms with Crippen LogP contribution in [0.25, 0.3) is 0 Å². The summed E-state index contributed by atoms with van der Waals surface area (Å²) in [6.07, 6.45) is 0.665. The summed E-state index contributed by atoms with van der Waals surface area (Å²) >= 11 is 0. The van der Waals surface area contributed by atoms with Crippen molar-refractivity contribution in [1.29, 1.82) is 0 Å². The normalized spacial score (nSPS) is 12.2. The molecule has 0 radical (unpaired) electrons. The number of benzene rings is 2. The Kier molecular flexibility index (Phi) is 5.92. The molecule has 3 rings (SSSR count). The largest absolute Gasteiger partial charge is 0.486 e. The summed E-state index contributed by atoms with van der Waals surface area (Å²) in [6, 6.07) is 14.4. The second-order valence-corrected chi connectivity index (χ2v) is 5.75. The topological polar surface area (TPSA) is 88.7 Å². The highest BCUT2D eigenvalue weighted by Gasteiger charge is 2.11. The molecule has 3 amide bonds. The standard InChI is InChI=1S/C19H21N3O4/c23-18(13-21-19(24)22-15-4-2-1-3-5-15)20-9-8-14-6-7-16-17(12-14)26-11-10-25-16/h1-7,12H,8-11,13H2,(H,20,23)(H2,21,22,24). The van der Waals surface area contributed by atoms with Gasteiger partial charge in [-0.2, -0.15) is 0 Å². The smallest absolute Gasteiger partial charge is 0.319 e. The van der Waals surface area contributed by atoms with E-state index in [9.17, 15) is 9.59 Å². The molecule has 7 heteroatoms. The molecule has 26 heavy (non-hydrogen) atoms. The molecule has 0 fully saturated rings. The van der Waals surface area contributed by atoms with Gasteiger partial charge in [-0.15, -0.1) is 0 Å². The van der Waals surface area contributed by atoms with Crippen molar-refractivity contribution >= 4 is 17.6 Å². The summed E-state index contributed by atoms with van der Waals surface area (Å²) < 4.78 is 11.0. The van der Waals surface area contributed by atoms with E-state index in [-0.39, 0.29) is 12.5 Å². The van der Waals surface area contributed by atoms with Crippen LogP contribution in [-0.4, -0.2) is 38.2 Å². The molecule has 0 unspecified atom stereocenters. The Labute approximate surface area is 151 Å². The Hall–Kier alpha value is -3.22. The second-order valence-electron chi connectivity index (χ2n) is 5.75. The molecule has 1 aliphatic rings. The van der Waals surface area contributed by atoms with E-state index >= 15 is 0 Å². The van der Waals surface area contributed by atoms with E-state index in [4.69, 9.17) is 9.47 Å². The maximum Gasteiger partial charge on any atom is 0.319 e. The Morgan fingerprint density at radius 1 is 0.923 bits per heavy atom. The van der Waals surface area contributed by atoms with E-state index in [1.54, 1.807) is 12.1 Å². The van der Waals surface area contributed by atoms with Crippen LogP contribution in [0.1, 0.15) is 5.56 Å². The van der Waals surface area contributed by atoms with Crippen molar-refractivity contribution < 1.29 is 19.1 Å². The highest BCUT2D eigenvalue weighted by molar-refractivity contribution is 5.92. The number of rotatable bonds is 6.